The Morgan fingerprint density at radius 2 is 1.44 bits per heavy atom. The number of aromatic amines is 2. The van der Waals surface area contributed by atoms with E-state index in [0.717, 1.165) is 0 Å². The van der Waals surface area contributed by atoms with Crippen molar-refractivity contribution >= 4 is 35.5 Å². The molecule has 0 aromatic carbocycles. The standard InChI is InChI=1S/C21H32N8O6S/c1-11(30)17(22)20(33)27-14(3-4-36-2)18(31)28-15(5-12-7-23-9-25-12)19(32)29-16(21(34)35)6-13-8-24-10-26-13/h7-11,14-17,30H,3-6,22H2,1-2H3,(H,23,25)(H,24,26)(H,27,33)(H,28,31)(H,29,32)(H,34,35). The van der Waals surface area contributed by atoms with Gasteiger partial charge in [-0.3, -0.25) is 14.4 Å². The molecule has 14 nitrogen and oxygen atoms in total. The summed E-state index contributed by atoms with van der Waals surface area (Å²) in [5.74, 6) is -2.85. The molecule has 5 atom stereocenters. The number of aliphatic carboxylic acids is 1. The van der Waals surface area contributed by atoms with Crippen LogP contribution in [0.25, 0.3) is 0 Å². The van der Waals surface area contributed by atoms with Gasteiger partial charge in [-0.2, -0.15) is 11.8 Å². The van der Waals surface area contributed by atoms with Crippen molar-refractivity contribution in [3.63, 3.8) is 0 Å². The molecule has 0 bridgehead atoms. The van der Waals surface area contributed by atoms with E-state index in [-0.39, 0.29) is 19.3 Å². The van der Waals surface area contributed by atoms with E-state index in [1.165, 1.54) is 43.7 Å². The van der Waals surface area contributed by atoms with Crippen LogP contribution in [0.1, 0.15) is 24.7 Å². The van der Waals surface area contributed by atoms with E-state index >= 15 is 0 Å². The van der Waals surface area contributed by atoms with Gasteiger partial charge in [-0.25, -0.2) is 14.8 Å². The van der Waals surface area contributed by atoms with E-state index in [1.54, 1.807) is 0 Å². The number of carbonyl (C=O) groups excluding carboxylic acids is 3. The summed E-state index contributed by atoms with van der Waals surface area (Å²) in [6, 6.07) is -4.74. The highest BCUT2D eigenvalue weighted by Crippen LogP contribution is 2.06. The third kappa shape index (κ3) is 8.98. The Morgan fingerprint density at radius 3 is 1.92 bits per heavy atom. The second kappa shape index (κ2) is 14.2. The second-order valence-electron chi connectivity index (χ2n) is 8.13. The molecule has 2 aromatic rings. The summed E-state index contributed by atoms with van der Waals surface area (Å²) < 4.78 is 0. The number of carboxylic acids is 1. The van der Waals surface area contributed by atoms with Gasteiger partial charge in [0.05, 0.1) is 18.8 Å². The summed E-state index contributed by atoms with van der Waals surface area (Å²) in [6.07, 6.45) is 6.60. The number of aliphatic hydroxyl groups excluding tert-OH is 1. The number of nitrogens with zero attached hydrogens (tertiary/aromatic N) is 2. The lowest BCUT2D eigenvalue weighted by Gasteiger charge is -2.25. The predicted octanol–water partition coefficient (Wildman–Crippen LogP) is -2.08. The van der Waals surface area contributed by atoms with Crippen molar-refractivity contribution in [2.24, 2.45) is 5.73 Å². The van der Waals surface area contributed by atoms with E-state index in [1.807, 2.05) is 6.26 Å². The van der Waals surface area contributed by atoms with Crippen LogP contribution in [-0.4, -0.2) is 96.1 Å². The Kier molecular flexibility index (Phi) is 11.4. The minimum absolute atomic E-state index is 0.00957. The number of H-pyrrole nitrogens is 2. The van der Waals surface area contributed by atoms with Crippen LogP contribution >= 0.6 is 11.8 Å². The summed E-state index contributed by atoms with van der Waals surface area (Å²) in [5, 5.41) is 26.8. The van der Waals surface area contributed by atoms with Crippen LogP contribution in [0.4, 0.5) is 0 Å². The first kappa shape index (κ1) is 28.8. The van der Waals surface area contributed by atoms with Crippen LogP contribution in [0, 0.1) is 0 Å². The van der Waals surface area contributed by atoms with E-state index in [9.17, 15) is 29.4 Å². The van der Waals surface area contributed by atoms with Crippen molar-refractivity contribution in [3.05, 3.63) is 36.4 Å². The van der Waals surface area contributed by atoms with Gasteiger partial charge in [0.1, 0.15) is 24.2 Å². The molecule has 2 aromatic heterocycles. The van der Waals surface area contributed by atoms with Crippen LogP contribution in [0.15, 0.2) is 25.0 Å². The molecule has 0 saturated carbocycles. The molecule has 2 rings (SSSR count). The first-order chi connectivity index (χ1) is 17.1. The van der Waals surface area contributed by atoms with Gasteiger partial charge in [-0.05, 0) is 25.4 Å². The number of hydrogen-bond acceptors (Lipinski definition) is 9. The lowest BCUT2D eigenvalue weighted by atomic mass is 10.1. The van der Waals surface area contributed by atoms with E-state index in [4.69, 9.17) is 5.73 Å². The van der Waals surface area contributed by atoms with Gasteiger partial charge in [0.15, 0.2) is 0 Å². The number of rotatable bonds is 15. The zero-order valence-corrected chi connectivity index (χ0v) is 20.7. The molecule has 3 amide bonds. The summed E-state index contributed by atoms with van der Waals surface area (Å²) >= 11 is 1.45. The Hall–Kier alpha value is -3.43. The number of nitrogens with two attached hydrogens (primary N) is 1. The highest BCUT2D eigenvalue weighted by Gasteiger charge is 2.31. The average Bonchev–Trinajstić information content (AvgIpc) is 3.54. The molecule has 0 aliphatic heterocycles. The van der Waals surface area contributed by atoms with Gasteiger partial charge in [-0.1, -0.05) is 0 Å². The van der Waals surface area contributed by atoms with Gasteiger partial charge in [-0.15, -0.1) is 0 Å². The number of thioether (sulfide) groups is 1. The molecule has 0 aliphatic carbocycles. The minimum Gasteiger partial charge on any atom is -0.480 e. The van der Waals surface area contributed by atoms with Crippen molar-refractivity contribution in [3.8, 4) is 0 Å². The van der Waals surface area contributed by atoms with Crippen molar-refractivity contribution in [1.82, 2.24) is 35.9 Å². The third-order valence-corrected chi connectivity index (χ3v) is 5.92. The van der Waals surface area contributed by atoms with Crippen LogP contribution in [0.3, 0.4) is 0 Å². The molecule has 0 spiro atoms. The van der Waals surface area contributed by atoms with Crippen molar-refractivity contribution in [1.29, 1.82) is 0 Å². The van der Waals surface area contributed by atoms with Crippen molar-refractivity contribution in [2.75, 3.05) is 12.0 Å². The summed E-state index contributed by atoms with van der Waals surface area (Å²) in [4.78, 5) is 63.7. The highest BCUT2D eigenvalue weighted by molar-refractivity contribution is 7.98. The third-order valence-electron chi connectivity index (χ3n) is 5.27. The number of amides is 3. The van der Waals surface area contributed by atoms with Gasteiger partial charge in [0.2, 0.25) is 17.7 Å². The SMILES string of the molecule is CSCCC(NC(=O)C(N)C(C)O)C(=O)NC(Cc1cnc[nH]1)C(=O)NC(Cc1cnc[nH]1)C(=O)O. The van der Waals surface area contributed by atoms with Gasteiger partial charge in [0, 0.05) is 36.6 Å². The molecule has 0 radical (unpaired) electrons. The molecule has 0 aliphatic rings. The molecule has 0 fully saturated rings. The lowest BCUT2D eigenvalue weighted by molar-refractivity contribution is -0.142. The molecule has 36 heavy (non-hydrogen) atoms. The average molecular weight is 525 g/mol. The second-order valence-corrected chi connectivity index (χ2v) is 9.12. The first-order valence-electron chi connectivity index (χ1n) is 11.1. The number of imidazole rings is 2. The van der Waals surface area contributed by atoms with E-state index < -0.39 is 54.0 Å². The minimum atomic E-state index is -1.28. The van der Waals surface area contributed by atoms with Gasteiger partial charge < -0.3 is 41.9 Å². The Balaban J connectivity index is 2.18. The van der Waals surface area contributed by atoms with Crippen LogP contribution in [0.2, 0.25) is 0 Å². The summed E-state index contributed by atoms with van der Waals surface area (Å²) in [7, 11) is 0. The Bertz CT molecular complexity index is 985. The van der Waals surface area contributed by atoms with Gasteiger partial charge >= 0.3 is 5.97 Å². The van der Waals surface area contributed by atoms with Crippen molar-refractivity contribution < 1.29 is 29.4 Å². The number of nitrogens with one attached hydrogen (secondary N) is 5. The maximum absolute atomic E-state index is 13.1. The largest absolute Gasteiger partial charge is 0.480 e. The molecule has 198 valence electrons. The molecular formula is C21H32N8O6S. The number of carbonyl (C=O) groups is 4. The fourth-order valence-corrected chi connectivity index (χ4v) is 3.65. The zero-order chi connectivity index (χ0) is 26.7. The monoisotopic (exact) mass is 524 g/mol. The zero-order valence-electron chi connectivity index (χ0n) is 19.9. The van der Waals surface area contributed by atoms with Crippen molar-refractivity contribution in [2.45, 2.75) is 56.5 Å². The van der Waals surface area contributed by atoms with Crippen LogP contribution in [-0.2, 0) is 32.0 Å². The normalized spacial score (nSPS) is 15.2. The Labute approximate surface area is 211 Å². The smallest absolute Gasteiger partial charge is 0.326 e. The fourth-order valence-electron chi connectivity index (χ4n) is 3.18. The molecule has 15 heteroatoms. The first-order valence-corrected chi connectivity index (χ1v) is 12.5. The maximum atomic E-state index is 13.1. The molecule has 2 heterocycles. The number of aromatic nitrogens is 4. The van der Waals surface area contributed by atoms with E-state index in [0.29, 0.717) is 17.1 Å². The lowest BCUT2D eigenvalue weighted by Crippen LogP contribution is -2.58. The molecule has 5 unspecified atom stereocenters. The summed E-state index contributed by atoms with van der Waals surface area (Å²) in [6.45, 7) is 1.36. The maximum Gasteiger partial charge on any atom is 0.326 e. The fraction of sp³-hybridized carbons (Fsp3) is 0.524. The quantitative estimate of drug-likeness (QED) is 0.127. The van der Waals surface area contributed by atoms with Gasteiger partial charge in [0.25, 0.3) is 0 Å². The number of carboxylic acid groups (broad SMARTS) is 1. The molecular weight excluding hydrogens is 492 g/mol. The number of aliphatic hydroxyl groups is 1. The summed E-state index contributed by atoms with van der Waals surface area (Å²) in [5.41, 5.74) is 6.71. The topological polar surface area (TPSA) is 228 Å². The van der Waals surface area contributed by atoms with Crippen LogP contribution in [0.5, 0.6) is 0 Å². The predicted molar refractivity (Wildman–Crippen MR) is 131 cm³/mol. The van der Waals surface area contributed by atoms with Crippen LogP contribution < -0.4 is 21.7 Å². The Morgan fingerprint density at radius 1 is 0.944 bits per heavy atom. The highest BCUT2D eigenvalue weighted by atomic mass is 32.2. The van der Waals surface area contributed by atoms with E-state index in [2.05, 4.69) is 35.9 Å². The number of hydrogen-bond donors (Lipinski definition) is 8. The molecule has 9 N–H and O–H groups in total. The molecule has 0 saturated heterocycles.